The predicted molar refractivity (Wildman–Crippen MR) is 74.6 cm³/mol. The molecule has 1 N–H and O–H groups in total. The van der Waals surface area contributed by atoms with Crippen LogP contribution < -0.4 is 5.32 Å². The number of rotatable bonds is 7. The zero-order valence-electron chi connectivity index (χ0n) is 10.6. The van der Waals surface area contributed by atoms with Gasteiger partial charge in [-0.3, -0.25) is 0 Å². The highest BCUT2D eigenvalue weighted by atomic mass is 35.5. The largest absolute Gasteiger partial charge is 0.314 e. The quantitative estimate of drug-likeness (QED) is 0.771. The Labute approximate surface area is 110 Å². The summed E-state index contributed by atoms with van der Waals surface area (Å²) in [7, 11) is 0. The van der Waals surface area contributed by atoms with Crippen LogP contribution in [0.15, 0.2) is 24.3 Å². The van der Waals surface area contributed by atoms with E-state index >= 15 is 0 Å². The van der Waals surface area contributed by atoms with Gasteiger partial charge in [0.05, 0.1) is 0 Å². The Bertz CT molecular complexity index is 347. The molecule has 1 nitrogen and oxygen atoms in total. The number of hydrogen-bond acceptors (Lipinski definition) is 1. The summed E-state index contributed by atoms with van der Waals surface area (Å²) in [6, 6.07) is 8.82. The Morgan fingerprint density at radius 2 is 2.12 bits per heavy atom. The molecule has 1 aliphatic rings. The van der Waals surface area contributed by atoms with E-state index in [9.17, 15) is 0 Å². The first-order chi connectivity index (χ1) is 8.29. The van der Waals surface area contributed by atoms with Crippen molar-refractivity contribution in [3.63, 3.8) is 0 Å². The fraction of sp³-hybridized carbons (Fsp3) is 0.600. The molecule has 1 aromatic rings. The van der Waals surface area contributed by atoms with Crippen molar-refractivity contribution in [2.45, 2.75) is 45.1 Å². The van der Waals surface area contributed by atoms with Crippen LogP contribution in [0.25, 0.3) is 0 Å². The minimum atomic E-state index is 0.599. The predicted octanol–water partition coefficient (Wildman–Crippen LogP) is 4.05. The molecule has 17 heavy (non-hydrogen) atoms. The van der Waals surface area contributed by atoms with Crippen LogP contribution in [0.2, 0.25) is 5.02 Å². The molecule has 0 aliphatic heterocycles. The highest BCUT2D eigenvalue weighted by Crippen LogP contribution is 2.34. The minimum Gasteiger partial charge on any atom is -0.314 e. The van der Waals surface area contributed by atoms with Gasteiger partial charge in [-0.25, -0.2) is 0 Å². The van der Waals surface area contributed by atoms with Gasteiger partial charge in [-0.05, 0) is 43.4 Å². The molecule has 2 heteroatoms. The van der Waals surface area contributed by atoms with Crippen LogP contribution in [-0.2, 0) is 6.42 Å². The molecule has 0 heterocycles. The third-order valence-corrected chi connectivity index (χ3v) is 3.79. The van der Waals surface area contributed by atoms with E-state index in [0.29, 0.717) is 6.04 Å². The standard InChI is InChI=1S/C15H22ClN/c1-2-9-17-14(10-12-7-8-12)11-13-5-3-4-6-15(13)16/h3-6,12,14,17H,2,7-11H2,1H3. The fourth-order valence-electron chi connectivity index (χ4n) is 2.27. The normalized spacial score (nSPS) is 17.1. The fourth-order valence-corrected chi connectivity index (χ4v) is 2.49. The average Bonchev–Trinajstić information content (AvgIpc) is 3.13. The molecule has 1 atom stereocenters. The van der Waals surface area contributed by atoms with Crippen LogP contribution in [0.3, 0.4) is 0 Å². The molecule has 94 valence electrons. The molecular formula is C15H22ClN. The van der Waals surface area contributed by atoms with E-state index in [4.69, 9.17) is 11.6 Å². The third-order valence-electron chi connectivity index (χ3n) is 3.42. The number of halogens is 1. The van der Waals surface area contributed by atoms with E-state index in [0.717, 1.165) is 23.9 Å². The molecule has 0 amide bonds. The third kappa shape index (κ3) is 4.33. The van der Waals surface area contributed by atoms with Crippen molar-refractivity contribution in [1.82, 2.24) is 5.32 Å². The summed E-state index contributed by atoms with van der Waals surface area (Å²) in [6.45, 7) is 3.33. The molecule has 0 aromatic heterocycles. The van der Waals surface area contributed by atoms with Gasteiger partial charge in [-0.2, -0.15) is 0 Å². The summed E-state index contributed by atoms with van der Waals surface area (Å²) in [5.74, 6) is 0.965. The lowest BCUT2D eigenvalue weighted by Gasteiger charge is -2.19. The summed E-state index contributed by atoms with van der Waals surface area (Å²) in [6.07, 6.45) is 6.42. The zero-order chi connectivity index (χ0) is 12.1. The van der Waals surface area contributed by atoms with E-state index in [1.807, 2.05) is 12.1 Å². The number of hydrogen-bond donors (Lipinski definition) is 1. The molecule has 0 radical (unpaired) electrons. The maximum Gasteiger partial charge on any atom is 0.0438 e. The summed E-state index contributed by atoms with van der Waals surface area (Å²) in [4.78, 5) is 0. The van der Waals surface area contributed by atoms with Gasteiger partial charge in [0, 0.05) is 11.1 Å². The Balaban J connectivity index is 1.92. The molecule has 0 bridgehead atoms. The summed E-state index contributed by atoms with van der Waals surface area (Å²) in [5, 5.41) is 4.57. The lowest BCUT2D eigenvalue weighted by molar-refractivity contribution is 0.455. The first-order valence-electron chi connectivity index (χ1n) is 6.76. The molecule has 1 fully saturated rings. The summed E-state index contributed by atoms with van der Waals surface area (Å²) in [5.41, 5.74) is 1.28. The topological polar surface area (TPSA) is 12.0 Å². The maximum absolute atomic E-state index is 6.23. The Morgan fingerprint density at radius 1 is 1.35 bits per heavy atom. The summed E-state index contributed by atoms with van der Waals surface area (Å²) >= 11 is 6.23. The van der Waals surface area contributed by atoms with Crippen LogP contribution in [-0.4, -0.2) is 12.6 Å². The van der Waals surface area contributed by atoms with E-state index in [2.05, 4.69) is 24.4 Å². The molecule has 1 aliphatic carbocycles. The molecule has 1 aromatic carbocycles. The number of nitrogens with one attached hydrogen (secondary N) is 1. The van der Waals surface area contributed by atoms with Crippen LogP contribution >= 0.6 is 11.6 Å². The zero-order valence-corrected chi connectivity index (χ0v) is 11.3. The van der Waals surface area contributed by atoms with Crippen LogP contribution in [0, 0.1) is 5.92 Å². The first kappa shape index (κ1) is 12.9. The lowest BCUT2D eigenvalue weighted by atomic mass is 10.0. The Morgan fingerprint density at radius 3 is 2.76 bits per heavy atom. The van der Waals surface area contributed by atoms with Crippen LogP contribution in [0.5, 0.6) is 0 Å². The second-order valence-electron chi connectivity index (χ2n) is 5.13. The first-order valence-corrected chi connectivity index (χ1v) is 7.14. The molecule has 1 saturated carbocycles. The van der Waals surface area contributed by atoms with Crippen LogP contribution in [0.1, 0.15) is 38.2 Å². The minimum absolute atomic E-state index is 0.599. The van der Waals surface area contributed by atoms with Crippen molar-refractivity contribution in [3.05, 3.63) is 34.9 Å². The van der Waals surface area contributed by atoms with Gasteiger partial charge >= 0.3 is 0 Å². The molecule has 0 spiro atoms. The maximum atomic E-state index is 6.23. The van der Waals surface area contributed by atoms with Gasteiger partial charge in [0.25, 0.3) is 0 Å². The second kappa shape index (κ2) is 6.42. The van der Waals surface area contributed by atoms with Crippen molar-refractivity contribution in [3.8, 4) is 0 Å². The van der Waals surface area contributed by atoms with Crippen molar-refractivity contribution in [2.24, 2.45) is 5.92 Å². The van der Waals surface area contributed by atoms with Gasteiger partial charge in [-0.15, -0.1) is 0 Å². The van der Waals surface area contributed by atoms with Gasteiger partial charge < -0.3 is 5.32 Å². The van der Waals surface area contributed by atoms with Gasteiger partial charge in [-0.1, -0.05) is 49.6 Å². The highest BCUT2D eigenvalue weighted by molar-refractivity contribution is 6.31. The van der Waals surface area contributed by atoms with Crippen LogP contribution in [0.4, 0.5) is 0 Å². The number of benzene rings is 1. The van der Waals surface area contributed by atoms with Crippen molar-refractivity contribution < 1.29 is 0 Å². The highest BCUT2D eigenvalue weighted by Gasteiger charge is 2.25. The van der Waals surface area contributed by atoms with Crippen molar-refractivity contribution >= 4 is 11.6 Å². The van der Waals surface area contributed by atoms with E-state index in [1.54, 1.807) is 0 Å². The van der Waals surface area contributed by atoms with Gasteiger partial charge in [0.2, 0.25) is 0 Å². The second-order valence-corrected chi connectivity index (χ2v) is 5.53. The lowest BCUT2D eigenvalue weighted by Crippen LogP contribution is -2.32. The monoisotopic (exact) mass is 251 g/mol. The van der Waals surface area contributed by atoms with Crippen molar-refractivity contribution in [1.29, 1.82) is 0 Å². The molecular weight excluding hydrogens is 230 g/mol. The molecule has 0 saturated heterocycles. The Hall–Kier alpha value is -0.530. The smallest absolute Gasteiger partial charge is 0.0438 e. The SMILES string of the molecule is CCCNC(Cc1ccccc1Cl)CC1CC1. The van der Waals surface area contributed by atoms with Gasteiger partial charge in [0.1, 0.15) is 0 Å². The van der Waals surface area contributed by atoms with E-state index in [-0.39, 0.29) is 0 Å². The van der Waals surface area contributed by atoms with E-state index in [1.165, 1.54) is 31.2 Å². The van der Waals surface area contributed by atoms with Gasteiger partial charge in [0.15, 0.2) is 0 Å². The van der Waals surface area contributed by atoms with E-state index < -0.39 is 0 Å². The molecule has 2 rings (SSSR count). The molecule has 1 unspecified atom stereocenters. The summed E-state index contributed by atoms with van der Waals surface area (Å²) < 4.78 is 0. The van der Waals surface area contributed by atoms with Crippen molar-refractivity contribution in [2.75, 3.05) is 6.54 Å². The Kier molecular flexibility index (Phi) is 4.87. The average molecular weight is 252 g/mol.